The fourth-order valence-corrected chi connectivity index (χ4v) is 2.54. The summed E-state index contributed by atoms with van der Waals surface area (Å²) >= 11 is 0. The molecule has 3 rings (SSSR count). The van der Waals surface area contributed by atoms with Crippen LogP contribution in [0, 0.1) is 6.92 Å². The van der Waals surface area contributed by atoms with Crippen molar-refractivity contribution >= 4 is 23.1 Å². The second-order valence-electron chi connectivity index (χ2n) is 5.93. The van der Waals surface area contributed by atoms with Gasteiger partial charge in [-0.05, 0) is 42.8 Å². The number of carbonyl (C=O) groups excluding carboxylic acids is 1. The highest BCUT2D eigenvalue weighted by Crippen LogP contribution is 2.24. The van der Waals surface area contributed by atoms with Gasteiger partial charge in [0.1, 0.15) is 17.3 Å². The van der Waals surface area contributed by atoms with Crippen molar-refractivity contribution in [2.75, 3.05) is 24.9 Å². The molecule has 0 bridgehead atoms. The van der Waals surface area contributed by atoms with Gasteiger partial charge in [0.25, 0.3) is 5.91 Å². The van der Waals surface area contributed by atoms with E-state index in [9.17, 15) is 4.79 Å². The van der Waals surface area contributed by atoms with Crippen LogP contribution in [0.25, 0.3) is 0 Å². The summed E-state index contributed by atoms with van der Waals surface area (Å²) < 4.78 is 10.4. The number of anilines is 3. The molecule has 0 aliphatic heterocycles. The number of pyridine rings is 1. The molecule has 1 aromatic heterocycles. The third-order valence-electron chi connectivity index (χ3n) is 4.04. The zero-order valence-electron chi connectivity index (χ0n) is 15.4. The van der Waals surface area contributed by atoms with E-state index in [-0.39, 0.29) is 5.91 Å². The van der Waals surface area contributed by atoms with E-state index in [1.165, 1.54) is 14.2 Å². The van der Waals surface area contributed by atoms with Gasteiger partial charge in [-0.25, -0.2) is 4.98 Å². The van der Waals surface area contributed by atoms with E-state index < -0.39 is 0 Å². The lowest BCUT2D eigenvalue weighted by Crippen LogP contribution is -2.13. The molecule has 0 spiro atoms. The van der Waals surface area contributed by atoms with Gasteiger partial charge >= 0.3 is 0 Å². The summed E-state index contributed by atoms with van der Waals surface area (Å²) in [6, 6.07) is 16.6. The van der Waals surface area contributed by atoms with Gasteiger partial charge in [0.2, 0.25) is 0 Å². The highest BCUT2D eigenvalue weighted by Gasteiger charge is 2.11. The van der Waals surface area contributed by atoms with Gasteiger partial charge in [-0.1, -0.05) is 18.2 Å². The first-order chi connectivity index (χ1) is 13.1. The molecule has 0 aliphatic carbocycles. The molecule has 1 amide bonds. The Morgan fingerprint density at radius 2 is 1.67 bits per heavy atom. The van der Waals surface area contributed by atoms with Crippen LogP contribution in [0.15, 0.2) is 60.8 Å². The number of hydrogen-bond acceptors (Lipinski definition) is 5. The molecule has 6 nitrogen and oxygen atoms in total. The summed E-state index contributed by atoms with van der Waals surface area (Å²) in [5.74, 6) is 1.26. The SMILES string of the molecule is COc1cc(OC)cc(C(=O)Nc2ccc(Nc3ccccc3C)cn2)c1. The molecule has 0 fully saturated rings. The van der Waals surface area contributed by atoms with Crippen molar-refractivity contribution in [3.63, 3.8) is 0 Å². The molecule has 0 unspecified atom stereocenters. The van der Waals surface area contributed by atoms with E-state index in [1.807, 2.05) is 37.3 Å². The smallest absolute Gasteiger partial charge is 0.257 e. The van der Waals surface area contributed by atoms with Crippen molar-refractivity contribution in [3.05, 3.63) is 71.9 Å². The molecule has 6 heteroatoms. The molecule has 27 heavy (non-hydrogen) atoms. The zero-order valence-corrected chi connectivity index (χ0v) is 15.4. The number of carbonyl (C=O) groups is 1. The summed E-state index contributed by atoms with van der Waals surface area (Å²) in [5, 5.41) is 6.08. The standard InChI is InChI=1S/C21H21N3O3/c1-14-6-4-5-7-19(14)23-16-8-9-20(22-13-16)24-21(25)15-10-17(26-2)12-18(11-15)27-3/h4-13,23H,1-3H3,(H,22,24,25). The van der Waals surface area contributed by atoms with Crippen LogP contribution in [-0.2, 0) is 0 Å². The fraction of sp³-hybridized carbons (Fsp3) is 0.143. The fourth-order valence-electron chi connectivity index (χ4n) is 2.54. The van der Waals surface area contributed by atoms with Crippen LogP contribution in [0.4, 0.5) is 17.2 Å². The minimum Gasteiger partial charge on any atom is -0.497 e. The highest BCUT2D eigenvalue weighted by molar-refractivity contribution is 6.04. The number of aromatic nitrogens is 1. The lowest BCUT2D eigenvalue weighted by molar-refractivity contribution is 0.102. The quantitative estimate of drug-likeness (QED) is 0.679. The third-order valence-corrected chi connectivity index (χ3v) is 4.04. The second-order valence-corrected chi connectivity index (χ2v) is 5.93. The van der Waals surface area contributed by atoms with Gasteiger partial charge in [-0.2, -0.15) is 0 Å². The van der Waals surface area contributed by atoms with E-state index in [0.717, 1.165) is 16.9 Å². The number of nitrogens with one attached hydrogen (secondary N) is 2. The molecule has 0 aliphatic rings. The van der Waals surface area contributed by atoms with E-state index in [1.54, 1.807) is 30.5 Å². The number of amides is 1. The maximum Gasteiger partial charge on any atom is 0.257 e. The molecule has 0 saturated carbocycles. The Hall–Kier alpha value is -3.54. The van der Waals surface area contributed by atoms with Gasteiger partial charge in [0.05, 0.1) is 26.1 Å². The molecule has 3 aromatic rings. The Balaban J connectivity index is 1.71. The molecule has 0 radical (unpaired) electrons. The monoisotopic (exact) mass is 363 g/mol. The maximum atomic E-state index is 12.5. The van der Waals surface area contributed by atoms with Crippen molar-refractivity contribution in [2.45, 2.75) is 6.92 Å². The number of rotatable bonds is 6. The first-order valence-electron chi connectivity index (χ1n) is 8.42. The molecular weight excluding hydrogens is 342 g/mol. The van der Waals surface area contributed by atoms with Crippen molar-refractivity contribution in [1.82, 2.24) is 4.98 Å². The van der Waals surface area contributed by atoms with Crippen LogP contribution in [0.1, 0.15) is 15.9 Å². The van der Waals surface area contributed by atoms with Crippen molar-refractivity contribution < 1.29 is 14.3 Å². The first kappa shape index (κ1) is 18.3. The number of hydrogen-bond donors (Lipinski definition) is 2. The molecule has 1 heterocycles. The average molecular weight is 363 g/mol. The topological polar surface area (TPSA) is 72.5 Å². The molecular formula is C21H21N3O3. The van der Waals surface area contributed by atoms with E-state index in [2.05, 4.69) is 15.6 Å². The van der Waals surface area contributed by atoms with Gasteiger partial charge in [-0.3, -0.25) is 4.79 Å². The number of nitrogens with zero attached hydrogens (tertiary/aromatic N) is 1. The van der Waals surface area contributed by atoms with Crippen molar-refractivity contribution in [2.24, 2.45) is 0 Å². The summed E-state index contributed by atoms with van der Waals surface area (Å²) in [5.41, 5.74) is 3.42. The minimum atomic E-state index is -0.292. The third kappa shape index (κ3) is 4.55. The summed E-state index contributed by atoms with van der Waals surface area (Å²) in [6.07, 6.45) is 1.67. The Kier molecular flexibility index (Phi) is 5.56. The number of para-hydroxylation sites is 1. The van der Waals surface area contributed by atoms with E-state index in [4.69, 9.17) is 9.47 Å². The lowest BCUT2D eigenvalue weighted by Gasteiger charge is -2.11. The minimum absolute atomic E-state index is 0.292. The van der Waals surface area contributed by atoms with Crippen LogP contribution < -0.4 is 20.1 Å². The van der Waals surface area contributed by atoms with Crippen molar-refractivity contribution in [3.8, 4) is 11.5 Å². The predicted molar refractivity (Wildman–Crippen MR) is 106 cm³/mol. The van der Waals surface area contributed by atoms with Gasteiger partial charge in [-0.15, -0.1) is 0 Å². The predicted octanol–water partition coefficient (Wildman–Crippen LogP) is 4.40. The Labute approximate surface area is 158 Å². The lowest BCUT2D eigenvalue weighted by atomic mass is 10.2. The van der Waals surface area contributed by atoms with Gasteiger partial charge < -0.3 is 20.1 Å². The van der Waals surface area contributed by atoms with Crippen molar-refractivity contribution in [1.29, 1.82) is 0 Å². The van der Waals surface area contributed by atoms with E-state index in [0.29, 0.717) is 22.9 Å². The number of methoxy groups -OCH3 is 2. The molecule has 138 valence electrons. The highest BCUT2D eigenvalue weighted by atomic mass is 16.5. The first-order valence-corrected chi connectivity index (χ1v) is 8.42. The number of ether oxygens (including phenoxy) is 2. The molecule has 2 N–H and O–H groups in total. The summed E-state index contributed by atoms with van der Waals surface area (Å²) in [6.45, 7) is 2.03. The van der Waals surface area contributed by atoms with Crippen LogP contribution in [0.2, 0.25) is 0 Å². The Morgan fingerprint density at radius 3 is 2.26 bits per heavy atom. The molecule has 0 saturated heterocycles. The summed E-state index contributed by atoms with van der Waals surface area (Å²) in [7, 11) is 3.08. The Bertz CT molecular complexity index is 917. The van der Waals surface area contributed by atoms with Crippen LogP contribution in [0.3, 0.4) is 0 Å². The molecule has 2 aromatic carbocycles. The van der Waals surface area contributed by atoms with Crippen LogP contribution in [0.5, 0.6) is 11.5 Å². The van der Waals surface area contributed by atoms with Gasteiger partial charge in [0, 0.05) is 17.3 Å². The van der Waals surface area contributed by atoms with Crippen LogP contribution in [-0.4, -0.2) is 25.1 Å². The number of aryl methyl sites for hydroxylation is 1. The normalized spacial score (nSPS) is 10.2. The molecule has 0 atom stereocenters. The number of benzene rings is 2. The van der Waals surface area contributed by atoms with Crippen LogP contribution >= 0.6 is 0 Å². The van der Waals surface area contributed by atoms with Gasteiger partial charge in [0.15, 0.2) is 0 Å². The maximum absolute atomic E-state index is 12.5. The summed E-state index contributed by atoms with van der Waals surface area (Å²) in [4.78, 5) is 16.8. The van der Waals surface area contributed by atoms with E-state index >= 15 is 0 Å². The Morgan fingerprint density at radius 1 is 0.963 bits per heavy atom. The second kappa shape index (κ2) is 8.23. The zero-order chi connectivity index (χ0) is 19.2. The average Bonchev–Trinajstić information content (AvgIpc) is 2.70. The largest absolute Gasteiger partial charge is 0.497 e.